The number of benzene rings is 1. The van der Waals surface area contributed by atoms with Crippen LogP contribution in [0, 0.1) is 19.5 Å². The van der Waals surface area contributed by atoms with E-state index in [1.807, 2.05) is 45.2 Å². The Bertz CT molecular complexity index is 566. The normalized spacial score (nSPS) is 9.74. The van der Waals surface area contributed by atoms with E-state index in [9.17, 15) is 14.7 Å². The van der Waals surface area contributed by atoms with Gasteiger partial charge in [-0.3, -0.25) is 9.59 Å². The van der Waals surface area contributed by atoms with Crippen LogP contribution in [0.2, 0.25) is 0 Å². The van der Waals surface area contributed by atoms with Crippen LogP contribution in [0.4, 0.5) is 0 Å². The number of carbonyl (C=O) groups is 2. The number of halogens is 2. The Morgan fingerprint density at radius 1 is 1.37 bits per heavy atom. The molecule has 100 valence electrons. The molecule has 19 heavy (non-hydrogen) atoms. The summed E-state index contributed by atoms with van der Waals surface area (Å²) in [7, 11) is 0. The summed E-state index contributed by atoms with van der Waals surface area (Å²) in [5, 5.41) is 18.6. The average Bonchev–Trinajstić information content (AvgIpc) is 2.32. The zero-order valence-electron chi connectivity index (χ0n) is 9.56. The van der Waals surface area contributed by atoms with Crippen molar-refractivity contribution in [3.05, 3.63) is 24.8 Å². The summed E-state index contributed by atoms with van der Waals surface area (Å²) in [6, 6.07) is 3.20. The SMILES string of the molecule is C#CCN(CC(=O)O)C(=O)c1cc(I)cc(I)c1O. The summed E-state index contributed by atoms with van der Waals surface area (Å²) in [5.41, 5.74) is 0.0489. The largest absolute Gasteiger partial charge is 0.506 e. The van der Waals surface area contributed by atoms with Gasteiger partial charge in [-0.2, -0.15) is 0 Å². The van der Waals surface area contributed by atoms with Crippen LogP contribution < -0.4 is 0 Å². The highest BCUT2D eigenvalue weighted by atomic mass is 127. The number of phenolic OH excluding ortho intramolecular Hbond substituents is 1. The van der Waals surface area contributed by atoms with Crippen LogP contribution in [0.15, 0.2) is 12.1 Å². The van der Waals surface area contributed by atoms with Crippen LogP contribution in [0.3, 0.4) is 0 Å². The Kier molecular flexibility index (Phi) is 5.86. The minimum atomic E-state index is -1.16. The zero-order valence-corrected chi connectivity index (χ0v) is 13.9. The molecule has 0 saturated carbocycles. The molecular weight excluding hydrogens is 476 g/mol. The van der Waals surface area contributed by atoms with Gasteiger partial charge in [-0.05, 0) is 57.3 Å². The van der Waals surface area contributed by atoms with Crippen LogP contribution in [0.1, 0.15) is 10.4 Å². The number of hydrogen-bond donors (Lipinski definition) is 2. The topological polar surface area (TPSA) is 77.8 Å². The van der Waals surface area contributed by atoms with Gasteiger partial charge < -0.3 is 15.1 Å². The molecular formula is C12H9I2NO4. The smallest absolute Gasteiger partial charge is 0.323 e. The monoisotopic (exact) mass is 485 g/mol. The maximum absolute atomic E-state index is 12.2. The molecule has 2 N–H and O–H groups in total. The Balaban J connectivity index is 3.16. The number of nitrogens with zero attached hydrogens (tertiary/aromatic N) is 1. The number of aliphatic carboxylic acids is 1. The summed E-state index contributed by atoms with van der Waals surface area (Å²) in [6.45, 7) is -0.642. The standard InChI is InChI=1S/C12H9I2NO4/c1-2-3-15(6-10(16)17)12(19)8-4-7(13)5-9(14)11(8)18/h1,4-5,18H,3,6H2,(H,16,17). The van der Waals surface area contributed by atoms with Crippen LogP contribution in [0.5, 0.6) is 5.75 Å². The van der Waals surface area contributed by atoms with Crippen molar-refractivity contribution in [3.8, 4) is 18.1 Å². The minimum Gasteiger partial charge on any atom is -0.506 e. The van der Waals surface area contributed by atoms with Crippen molar-refractivity contribution < 1.29 is 19.8 Å². The number of carbonyl (C=O) groups excluding carboxylic acids is 1. The van der Waals surface area contributed by atoms with Crippen molar-refractivity contribution in [1.29, 1.82) is 0 Å². The zero-order chi connectivity index (χ0) is 14.6. The Morgan fingerprint density at radius 2 is 2.00 bits per heavy atom. The van der Waals surface area contributed by atoms with Crippen LogP contribution in [-0.4, -0.2) is 40.1 Å². The van der Waals surface area contributed by atoms with E-state index in [0.29, 0.717) is 3.57 Å². The van der Waals surface area contributed by atoms with Gasteiger partial charge in [-0.25, -0.2) is 0 Å². The first kappa shape index (κ1) is 16.0. The highest BCUT2D eigenvalue weighted by molar-refractivity contribution is 14.1. The second kappa shape index (κ2) is 6.95. The first-order valence-corrected chi connectivity index (χ1v) is 7.15. The summed E-state index contributed by atoms with van der Waals surface area (Å²) in [6.07, 6.45) is 5.12. The lowest BCUT2D eigenvalue weighted by atomic mass is 10.1. The molecule has 0 bridgehead atoms. The molecule has 1 aromatic carbocycles. The fraction of sp³-hybridized carbons (Fsp3) is 0.167. The summed E-state index contributed by atoms with van der Waals surface area (Å²) in [4.78, 5) is 23.9. The predicted molar refractivity (Wildman–Crippen MR) is 85.9 cm³/mol. The molecule has 0 atom stereocenters. The third-order valence-electron chi connectivity index (χ3n) is 2.15. The Morgan fingerprint density at radius 3 is 2.53 bits per heavy atom. The molecule has 1 rings (SSSR count). The molecule has 0 aliphatic heterocycles. The summed E-state index contributed by atoms with van der Waals surface area (Å²) in [5.74, 6) is 0.295. The fourth-order valence-corrected chi connectivity index (χ4v) is 3.22. The highest BCUT2D eigenvalue weighted by Crippen LogP contribution is 2.27. The van der Waals surface area contributed by atoms with Crippen LogP contribution >= 0.6 is 45.2 Å². The molecule has 7 heteroatoms. The van der Waals surface area contributed by atoms with Gasteiger partial charge in [0.25, 0.3) is 5.91 Å². The second-order valence-electron chi connectivity index (χ2n) is 3.54. The van der Waals surface area contributed by atoms with Crippen LogP contribution in [0.25, 0.3) is 0 Å². The molecule has 0 spiro atoms. The van der Waals surface area contributed by atoms with Gasteiger partial charge in [0.15, 0.2) is 0 Å². The number of carboxylic acids is 1. The van der Waals surface area contributed by atoms with E-state index < -0.39 is 18.4 Å². The van der Waals surface area contributed by atoms with E-state index in [4.69, 9.17) is 11.5 Å². The van der Waals surface area contributed by atoms with Crippen molar-refractivity contribution in [3.63, 3.8) is 0 Å². The number of amides is 1. The molecule has 0 unspecified atom stereocenters. The molecule has 0 fully saturated rings. The number of carboxylic acid groups (broad SMARTS) is 1. The lowest BCUT2D eigenvalue weighted by molar-refractivity contribution is -0.137. The van der Waals surface area contributed by atoms with Gasteiger partial charge in [-0.15, -0.1) is 6.42 Å². The minimum absolute atomic E-state index is 0.0489. The fourth-order valence-electron chi connectivity index (χ4n) is 1.37. The molecule has 0 aromatic heterocycles. The summed E-state index contributed by atoms with van der Waals surface area (Å²) < 4.78 is 1.28. The van der Waals surface area contributed by atoms with Gasteiger partial charge in [-0.1, -0.05) is 5.92 Å². The number of rotatable bonds is 4. The van der Waals surface area contributed by atoms with E-state index in [2.05, 4.69) is 5.92 Å². The maximum Gasteiger partial charge on any atom is 0.323 e. The van der Waals surface area contributed by atoms with E-state index in [-0.39, 0.29) is 17.9 Å². The lowest BCUT2D eigenvalue weighted by Crippen LogP contribution is -2.36. The van der Waals surface area contributed by atoms with Gasteiger partial charge in [0, 0.05) is 3.57 Å². The first-order valence-electron chi connectivity index (χ1n) is 4.99. The molecule has 0 aliphatic carbocycles. The van der Waals surface area contributed by atoms with Crippen molar-refractivity contribution >= 4 is 57.1 Å². The molecule has 0 aliphatic rings. The van der Waals surface area contributed by atoms with Gasteiger partial charge in [0.2, 0.25) is 0 Å². The number of phenols is 1. The average molecular weight is 485 g/mol. The number of hydrogen-bond acceptors (Lipinski definition) is 3. The quantitative estimate of drug-likeness (QED) is 0.504. The molecule has 0 radical (unpaired) electrons. The number of terminal acetylenes is 1. The Labute approximate surface area is 137 Å². The van der Waals surface area contributed by atoms with Gasteiger partial charge in [0.05, 0.1) is 15.7 Å². The third-order valence-corrected chi connectivity index (χ3v) is 3.60. The lowest BCUT2D eigenvalue weighted by Gasteiger charge is -2.19. The third kappa shape index (κ3) is 4.24. The Hall–Kier alpha value is -1.02. The molecule has 5 nitrogen and oxygen atoms in total. The number of aromatic hydroxyl groups is 1. The van der Waals surface area contributed by atoms with Gasteiger partial charge >= 0.3 is 5.97 Å². The van der Waals surface area contributed by atoms with Gasteiger partial charge in [0.1, 0.15) is 12.3 Å². The van der Waals surface area contributed by atoms with Crippen molar-refractivity contribution in [1.82, 2.24) is 4.90 Å². The molecule has 0 heterocycles. The second-order valence-corrected chi connectivity index (χ2v) is 5.95. The van der Waals surface area contributed by atoms with Crippen molar-refractivity contribution in [2.24, 2.45) is 0 Å². The molecule has 1 amide bonds. The van der Waals surface area contributed by atoms with Crippen molar-refractivity contribution in [2.75, 3.05) is 13.1 Å². The first-order chi connectivity index (χ1) is 8.86. The van der Waals surface area contributed by atoms with E-state index >= 15 is 0 Å². The van der Waals surface area contributed by atoms with Crippen molar-refractivity contribution in [2.45, 2.75) is 0 Å². The molecule has 0 saturated heterocycles. The predicted octanol–water partition coefficient (Wildman–Crippen LogP) is 1.76. The maximum atomic E-state index is 12.2. The van der Waals surface area contributed by atoms with Crippen LogP contribution in [-0.2, 0) is 4.79 Å². The molecule has 1 aromatic rings. The highest BCUT2D eigenvalue weighted by Gasteiger charge is 2.22. The van der Waals surface area contributed by atoms with E-state index in [1.165, 1.54) is 6.07 Å². The van der Waals surface area contributed by atoms with E-state index in [0.717, 1.165) is 8.47 Å². The van der Waals surface area contributed by atoms with E-state index in [1.54, 1.807) is 6.07 Å². The summed E-state index contributed by atoms with van der Waals surface area (Å²) >= 11 is 3.91.